The predicted octanol–water partition coefficient (Wildman–Crippen LogP) is 6.29. The van der Waals surface area contributed by atoms with Gasteiger partial charge >= 0.3 is 11.9 Å². The SMILES string of the molecule is CCC1CC2CN3CCc4c([nH]c5c(Oc6cccc7c6NC6=C(C(=O)OC)CC8(CC)C=CCN9CCC67C98)c(O)ccc45)C(C(=O)OC)(C2)C13. The summed E-state index contributed by atoms with van der Waals surface area (Å²) in [6.07, 6.45) is 10.7. The minimum absolute atomic E-state index is 0.0179. The third-order valence-corrected chi connectivity index (χ3v) is 14.5. The van der Waals surface area contributed by atoms with Crippen molar-refractivity contribution in [1.82, 2.24) is 14.8 Å². The highest BCUT2D eigenvalue weighted by Crippen LogP contribution is 2.66. The lowest BCUT2D eigenvalue weighted by atomic mass is 9.55. The largest absolute Gasteiger partial charge is 0.504 e. The van der Waals surface area contributed by atoms with Gasteiger partial charge in [-0.2, -0.15) is 0 Å². The Balaban J connectivity index is 1.13. The van der Waals surface area contributed by atoms with Crippen molar-refractivity contribution in [3.8, 4) is 17.2 Å². The number of para-hydroxylation sites is 1. The van der Waals surface area contributed by atoms with E-state index in [0.717, 1.165) is 98.3 Å². The first-order valence-electron chi connectivity index (χ1n) is 19.3. The maximum Gasteiger partial charge on any atom is 0.335 e. The molecule has 7 heterocycles. The number of esters is 2. The molecule has 2 aromatic carbocycles. The van der Waals surface area contributed by atoms with Crippen LogP contribution < -0.4 is 10.1 Å². The fraction of sp³-hybridized carbons (Fsp3) is 0.524. The number of fused-ring (bicyclic) bond motifs is 5. The van der Waals surface area contributed by atoms with Crippen molar-refractivity contribution in [1.29, 1.82) is 0 Å². The van der Waals surface area contributed by atoms with Crippen molar-refractivity contribution in [2.24, 2.45) is 17.3 Å². The highest BCUT2D eigenvalue weighted by Gasteiger charge is 2.66. The number of aromatic hydroxyl groups is 1. The van der Waals surface area contributed by atoms with Crippen LogP contribution in [0.2, 0.25) is 0 Å². The van der Waals surface area contributed by atoms with E-state index in [1.165, 1.54) is 14.2 Å². The molecule has 52 heavy (non-hydrogen) atoms. The zero-order valence-corrected chi connectivity index (χ0v) is 30.5. The molecular weight excluding hydrogens is 656 g/mol. The summed E-state index contributed by atoms with van der Waals surface area (Å²) in [6.45, 7) is 8.17. The molecule has 8 unspecified atom stereocenters. The normalized spacial score (nSPS) is 35.0. The molecule has 8 aliphatic rings. The van der Waals surface area contributed by atoms with Crippen LogP contribution in [0.25, 0.3) is 10.9 Å². The standard InChI is InChI=1S/C42H48N4O6/c1-5-24-19-23-20-42(39(49)51-4)34-26(13-17-46(22-23)36(24)42)25-11-12-29(47)33(31(25)43-34)52-30-10-7-9-28-32(30)44-35-27(37(48)50-3)21-40(6-2)14-8-16-45-18-15-41(28,35)38(40)45/h7-12,14,23-24,36,38,43-44,47H,5-6,13,15-22H2,1-4H3. The molecule has 272 valence electrons. The average Bonchev–Trinajstić information content (AvgIpc) is 3.85. The van der Waals surface area contributed by atoms with Crippen LogP contribution in [-0.4, -0.2) is 84.3 Å². The molecule has 2 aliphatic carbocycles. The lowest BCUT2D eigenvalue weighted by Gasteiger charge is -2.57. The average molecular weight is 705 g/mol. The van der Waals surface area contributed by atoms with Crippen LogP contribution in [-0.2, 0) is 36.3 Å². The number of hydrogen-bond acceptors (Lipinski definition) is 9. The number of phenolic OH excluding ortho intramolecular Hbond substituents is 1. The third-order valence-electron chi connectivity index (χ3n) is 14.5. The summed E-state index contributed by atoms with van der Waals surface area (Å²) < 4.78 is 18.0. The first kappa shape index (κ1) is 32.4. The molecule has 0 amide bonds. The number of hydrogen-bond donors (Lipinski definition) is 3. The molecular formula is C42H48N4O6. The van der Waals surface area contributed by atoms with E-state index in [1.807, 2.05) is 18.2 Å². The highest BCUT2D eigenvalue weighted by molar-refractivity contribution is 5.97. The van der Waals surface area contributed by atoms with Gasteiger partial charge in [0.15, 0.2) is 17.2 Å². The Bertz CT molecular complexity index is 2120. The Morgan fingerprint density at radius 3 is 2.73 bits per heavy atom. The fourth-order valence-electron chi connectivity index (χ4n) is 12.7. The monoisotopic (exact) mass is 704 g/mol. The lowest BCUT2D eigenvalue weighted by Crippen LogP contribution is -2.67. The predicted molar refractivity (Wildman–Crippen MR) is 197 cm³/mol. The van der Waals surface area contributed by atoms with E-state index >= 15 is 0 Å². The Morgan fingerprint density at radius 1 is 1.08 bits per heavy atom. The van der Waals surface area contributed by atoms with E-state index in [4.69, 9.17) is 14.2 Å². The van der Waals surface area contributed by atoms with Crippen LogP contribution in [0.5, 0.6) is 17.2 Å². The van der Waals surface area contributed by atoms with Gasteiger partial charge in [-0.1, -0.05) is 44.6 Å². The Kier molecular flexibility index (Phi) is 6.92. The lowest BCUT2D eigenvalue weighted by molar-refractivity contribution is -0.162. The minimum atomic E-state index is -0.815. The molecule has 10 heteroatoms. The van der Waals surface area contributed by atoms with Crippen molar-refractivity contribution < 1.29 is 28.9 Å². The van der Waals surface area contributed by atoms with Gasteiger partial charge in [-0.3, -0.25) is 14.6 Å². The molecule has 3 N–H and O–H groups in total. The number of carbonyl (C=O) groups excluding carboxylic acids is 2. The number of H-pyrrole nitrogens is 1. The molecule has 1 spiro atoms. The molecule has 3 aromatic rings. The number of aromatic amines is 1. The van der Waals surface area contributed by atoms with Crippen LogP contribution in [0.15, 0.2) is 53.8 Å². The number of nitrogens with zero attached hydrogens (tertiary/aromatic N) is 2. The molecule has 10 nitrogen and oxygen atoms in total. The van der Waals surface area contributed by atoms with Gasteiger partial charge in [0.2, 0.25) is 0 Å². The summed E-state index contributed by atoms with van der Waals surface area (Å²) in [5, 5.41) is 16.2. The van der Waals surface area contributed by atoms with E-state index < -0.39 is 10.8 Å². The van der Waals surface area contributed by atoms with Crippen molar-refractivity contribution in [2.45, 2.75) is 81.7 Å². The number of rotatable bonds is 6. The second-order valence-electron chi connectivity index (χ2n) is 16.5. The van der Waals surface area contributed by atoms with Gasteiger partial charge in [0.25, 0.3) is 0 Å². The first-order chi connectivity index (χ1) is 25.2. The molecule has 4 bridgehead atoms. The number of phenols is 1. The smallest absolute Gasteiger partial charge is 0.335 e. The second kappa shape index (κ2) is 11.1. The number of piperidine rings is 2. The number of benzene rings is 2. The Hall–Kier alpha value is -4.28. The summed E-state index contributed by atoms with van der Waals surface area (Å²) in [6, 6.07) is 10.0. The Labute approximate surface area is 304 Å². The van der Waals surface area contributed by atoms with Crippen LogP contribution in [0.3, 0.4) is 0 Å². The molecule has 1 aromatic heterocycles. The number of aromatic nitrogens is 1. The van der Waals surface area contributed by atoms with Gasteiger partial charge in [0, 0.05) is 60.5 Å². The highest BCUT2D eigenvalue weighted by atomic mass is 16.5. The van der Waals surface area contributed by atoms with E-state index in [-0.39, 0.29) is 35.2 Å². The number of carbonyl (C=O) groups is 2. The fourth-order valence-corrected chi connectivity index (χ4v) is 12.7. The third kappa shape index (κ3) is 3.87. The minimum Gasteiger partial charge on any atom is -0.504 e. The molecule has 6 aliphatic heterocycles. The molecule has 1 saturated carbocycles. The van der Waals surface area contributed by atoms with Gasteiger partial charge in [-0.15, -0.1) is 0 Å². The van der Waals surface area contributed by atoms with Crippen molar-refractivity contribution in [3.63, 3.8) is 0 Å². The summed E-state index contributed by atoms with van der Waals surface area (Å²) in [4.78, 5) is 36.6. The summed E-state index contributed by atoms with van der Waals surface area (Å²) in [5.41, 5.74) is 4.83. The molecule has 3 saturated heterocycles. The van der Waals surface area contributed by atoms with Gasteiger partial charge in [0.05, 0.1) is 36.4 Å². The second-order valence-corrected chi connectivity index (χ2v) is 16.5. The van der Waals surface area contributed by atoms with Crippen LogP contribution >= 0.6 is 0 Å². The van der Waals surface area contributed by atoms with Gasteiger partial charge in [-0.05, 0) is 79.7 Å². The van der Waals surface area contributed by atoms with Crippen molar-refractivity contribution in [2.75, 3.05) is 45.7 Å². The quantitative estimate of drug-likeness (QED) is 0.201. The summed E-state index contributed by atoms with van der Waals surface area (Å²) in [5.74, 6) is 1.26. The van der Waals surface area contributed by atoms with Crippen LogP contribution in [0.1, 0.15) is 69.2 Å². The van der Waals surface area contributed by atoms with Crippen molar-refractivity contribution >= 4 is 28.5 Å². The molecule has 8 atom stereocenters. The molecule has 0 radical (unpaired) electrons. The van der Waals surface area contributed by atoms with E-state index in [1.54, 1.807) is 6.07 Å². The van der Waals surface area contributed by atoms with E-state index in [2.05, 4.69) is 52.2 Å². The number of anilines is 1. The molecule has 4 fully saturated rings. The maximum atomic E-state index is 14.1. The van der Waals surface area contributed by atoms with Crippen LogP contribution in [0.4, 0.5) is 5.69 Å². The first-order valence-corrected chi connectivity index (χ1v) is 19.3. The van der Waals surface area contributed by atoms with Gasteiger partial charge < -0.3 is 29.6 Å². The Morgan fingerprint density at radius 2 is 1.94 bits per heavy atom. The van der Waals surface area contributed by atoms with Gasteiger partial charge in [-0.25, -0.2) is 4.79 Å². The number of nitrogens with one attached hydrogen (secondary N) is 2. The zero-order valence-electron chi connectivity index (χ0n) is 30.5. The number of methoxy groups -OCH3 is 2. The zero-order chi connectivity index (χ0) is 35.7. The topological polar surface area (TPSA) is 116 Å². The van der Waals surface area contributed by atoms with Crippen LogP contribution in [0, 0.1) is 17.3 Å². The van der Waals surface area contributed by atoms with Gasteiger partial charge in [0.1, 0.15) is 5.41 Å². The number of ether oxygens (including phenoxy) is 3. The van der Waals surface area contributed by atoms with Crippen molar-refractivity contribution in [3.05, 3.63) is 70.6 Å². The van der Waals surface area contributed by atoms with E-state index in [0.29, 0.717) is 40.8 Å². The summed E-state index contributed by atoms with van der Waals surface area (Å²) in [7, 11) is 2.97. The summed E-state index contributed by atoms with van der Waals surface area (Å²) >= 11 is 0. The van der Waals surface area contributed by atoms with E-state index in [9.17, 15) is 14.7 Å². The molecule has 11 rings (SSSR count). The maximum absolute atomic E-state index is 14.1.